The zero-order valence-electron chi connectivity index (χ0n) is 11.3. The van der Waals surface area contributed by atoms with E-state index in [-0.39, 0.29) is 17.8 Å². The summed E-state index contributed by atoms with van der Waals surface area (Å²) in [7, 11) is 0. The highest BCUT2D eigenvalue weighted by Gasteiger charge is 2.31. The first-order valence-electron chi connectivity index (χ1n) is 6.80. The fourth-order valence-electron chi connectivity index (χ4n) is 2.78. The number of nitrogens with two attached hydrogens (primary N) is 1. The molecule has 104 valence electrons. The van der Waals surface area contributed by atoms with Gasteiger partial charge in [-0.05, 0) is 23.4 Å². The summed E-state index contributed by atoms with van der Waals surface area (Å²) in [5.74, 6) is -0.0738. The number of fused-ring (bicyclic) bond motifs is 1. The molecule has 1 fully saturated rings. The van der Waals surface area contributed by atoms with Gasteiger partial charge in [-0.25, -0.2) is 4.39 Å². The van der Waals surface area contributed by atoms with Crippen LogP contribution in [0.5, 0.6) is 0 Å². The van der Waals surface area contributed by atoms with Crippen molar-refractivity contribution in [3.63, 3.8) is 0 Å². The second-order valence-electron chi connectivity index (χ2n) is 5.49. The van der Waals surface area contributed by atoms with Crippen molar-refractivity contribution in [3.8, 4) is 0 Å². The number of carbonyl (C=O) groups excluding carboxylic acids is 1. The maximum atomic E-state index is 13.8. The number of amides is 1. The average Bonchev–Trinajstić information content (AvgIpc) is 2.79. The zero-order valence-corrected chi connectivity index (χ0v) is 11.3. The predicted molar refractivity (Wildman–Crippen MR) is 76.9 cm³/mol. The third-order valence-corrected chi connectivity index (χ3v) is 4.06. The van der Waals surface area contributed by atoms with Crippen LogP contribution < -0.4 is 5.73 Å². The van der Waals surface area contributed by atoms with E-state index in [1.54, 1.807) is 29.2 Å². The van der Waals surface area contributed by atoms with E-state index in [1.165, 1.54) is 6.07 Å². The van der Waals surface area contributed by atoms with Crippen LogP contribution >= 0.6 is 0 Å². The third-order valence-electron chi connectivity index (χ3n) is 4.06. The maximum absolute atomic E-state index is 13.8. The lowest BCUT2D eigenvalue weighted by Gasteiger charge is -2.17. The summed E-state index contributed by atoms with van der Waals surface area (Å²) in [6.07, 6.45) is 0. The topological polar surface area (TPSA) is 46.3 Å². The monoisotopic (exact) mass is 272 g/mol. The van der Waals surface area contributed by atoms with Gasteiger partial charge in [0.1, 0.15) is 5.82 Å². The number of hydrogen-bond acceptors (Lipinski definition) is 2. The summed E-state index contributed by atoms with van der Waals surface area (Å²) in [5.41, 5.74) is 6.51. The molecule has 3 rings (SSSR count). The molecule has 0 radical (unpaired) electrons. The lowest BCUT2D eigenvalue weighted by Crippen LogP contribution is -2.32. The van der Waals surface area contributed by atoms with Gasteiger partial charge in [0, 0.05) is 30.1 Å². The number of rotatable bonds is 1. The summed E-state index contributed by atoms with van der Waals surface area (Å²) in [4.78, 5) is 14.4. The van der Waals surface area contributed by atoms with Crippen LogP contribution in [0.15, 0.2) is 36.4 Å². The summed E-state index contributed by atoms with van der Waals surface area (Å²) < 4.78 is 13.8. The van der Waals surface area contributed by atoms with Gasteiger partial charge in [-0.3, -0.25) is 4.79 Å². The molecule has 2 aromatic carbocycles. The van der Waals surface area contributed by atoms with Gasteiger partial charge in [0.05, 0.1) is 0 Å². The van der Waals surface area contributed by atoms with Gasteiger partial charge in [-0.2, -0.15) is 0 Å². The fraction of sp³-hybridized carbons (Fsp3) is 0.312. The Morgan fingerprint density at radius 3 is 2.55 bits per heavy atom. The fourth-order valence-corrected chi connectivity index (χ4v) is 2.78. The standard InChI is InChI=1S/C16H17FN2O/c1-10-8-19(9-15(10)18)16(20)13-6-7-14(17)12-5-3-2-4-11(12)13/h2-7,10,15H,8-9,18H2,1H3. The molecule has 1 saturated heterocycles. The molecule has 1 heterocycles. The van der Waals surface area contributed by atoms with Crippen molar-refractivity contribution >= 4 is 16.7 Å². The molecule has 3 nitrogen and oxygen atoms in total. The van der Waals surface area contributed by atoms with Crippen LogP contribution in [-0.4, -0.2) is 29.9 Å². The quantitative estimate of drug-likeness (QED) is 0.866. The summed E-state index contributed by atoms with van der Waals surface area (Å²) in [6.45, 7) is 3.26. The molecule has 0 saturated carbocycles. The molecule has 2 aromatic rings. The molecule has 0 aromatic heterocycles. The van der Waals surface area contributed by atoms with Crippen LogP contribution in [0.2, 0.25) is 0 Å². The second-order valence-corrected chi connectivity index (χ2v) is 5.49. The third kappa shape index (κ3) is 2.06. The van der Waals surface area contributed by atoms with Crippen molar-refractivity contribution in [1.82, 2.24) is 4.90 Å². The highest BCUT2D eigenvalue weighted by atomic mass is 19.1. The van der Waals surface area contributed by atoms with E-state index in [1.807, 2.05) is 13.0 Å². The number of likely N-dealkylation sites (tertiary alicyclic amines) is 1. The predicted octanol–water partition coefficient (Wildman–Crippen LogP) is 2.40. The zero-order chi connectivity index (χ0) is 14.3. The minimum Gasteiger partial charge on any atom is -0.337 e. The number of hydrogen-bond donors (Lipinski definition) is 1. The summed E-state index contributed by atoms with van der Waals surface area (Å²) >= 11 is 0. The largest absolute Gasteiger partial charge is 0.337 e. The van der Waals surface area contributed by atoms with E-state index < -0.39 is 0 Å². The molecule has 2 atom stereocenters. The van der Waals surface area contributed by atoms with E-state index >= 15 is 0 Å². The Balaban J connectivity index is 2.03. The minimum atomic E-state index is -0.302. The van der Waals surface area contributed by atoms with Crippen LogP contribution in [0.3, 0.4) is 0 Å². The Kier molecular flexibility index (Phi) is 3.18. The first-order chi connectivity index (χ1) is 9.58. The number of carbonyl (C=O) groups is 1. The first kappa shape index (κ1) is 13.1. The Bertz CT molecular complexity index is 661. The van der Waals surface area contributed by atoms with Gasteiger partial charge in [0.25, 0.3) is 5.91 Å². The number of nitrogens with zero attached hydrogens (tertiary/aromatic N) is 1. The normalized spacial score (nSPS) is 22.4. The molecule has 2 N–H and O–H groups in total. The Morgan fingerprint density at radius 2 is 1.90 bits per heavy atom. The van der Waals surface area contributed by atoms with Crippen molar-refractivity contribution in [2.45, 2.75) is 13.0 Å². The molecule has 1 aliphatic rings. The van der Waals surface area contributed by atoms with Gasteiger partial charge >= 0.3 is 0 Å². The number of halogens is 1. The SMILES string of the molecule is CC1CN(C(=O)c2ccc(F)c3ccccc23)CC1N. The number of benzene rings is 2. The van der Waals surface area contributed by atoms with Crippen molar-refractivity contribution in [1.29, 1.82) is 0 Å². The van der Waals surface area contributed by atoms with Crippen LogP contribution in [0.25, 0.3) is 10.8 Å². The smallest absolute Gasteiger partial charge is 0.254 e. The van der Waals surface area contributed by atoms with Gasteiger partial charge in [-0.15, -0.1) is 0 Å². The van der Waals surface area contributed by atoms with E-state index in [9.17, 15) is 9.18 Å². The lowest BCUT2D eigenvalue weighted by atomic mass is 10.0. The van der Waals surface area contributed by atoms with Crippen LogP contribution in [0.4, 0.5) is 4.39 Å². The van der Waals surface area contributed by atoms with Crippen LogP contribution in [-0.2, 0) is 0 Å². The molecule has 1 aliphatic heterocycles. The van der Waals surface area contributed by atoms with E-state index in [0.717, 1.165) is 0 Å². The molecule has 0 aliphatic carbocycles. The highest BCUT2D eigenvalue weighted by molar-refractivity contribution is 6.07. The van der Waals surface area contributed by atoms with Gasteiger partial charge in [0.15, 0.2) is 0 Å². The van der Waals surface area contributed by atoms with Crippen molar-refractivity contribution in [3.05, 3.63) is 47.8 Å². The van der Waals surface area contributed by atoms with Gasteiger partial charge < -0.3 is 10.6 Å². The first-order valence-corrected chi connectivity index (χ1v) is 6.80. The molecule has 4 heteroatoms. The highest BCUT2D eigenvalue weighted by Crippen LogP contribution is 2.25. The lowest BCUT2D eigenvalue weighted by molar-refractivity contribution is 0.0789. The van der Waals surface area contributed by atoms with E-state index in [2.05, 4.69) is 0 Å². The Morgan fingerprint density at radius 1 is 1.20 bits per heavy atom. The van der Waals surface area contributed by atoms with Crippen LogP contribution in [0.1, 0.15) is 17.3 Å². The Hall–Kier alpha value is -1.94. The molecule has 0 bridgehead atoms. The van der Waals surface area contributed by atoms with E-state index in [4.69, 9.17) is 5.73 Å². The van der Waals surface area contributed by atoms with Gasteiger partial charge in [-0.1, -0.05) is 31.2 Å². The summed E-state index contributed by atoms with van der Waals surface area (Å²) in [6, 6.07) is 10.0. The molecular weight excluding hydrogens is 255 g/mol. The molecule has 2 unspecified atom stereocenters. The molecule has 1 amide bonds. The average molecular weight is 272 g/mol. The molecular formula is C16H17FN2O. The van der Waals surface area contributed by atoms with Crippen molar-refractivity contribution in [2.75, 3.05) is 13.1 Å². The van der Waals surface area contributed by atoms with Crippen molar-refractivity contribution in [2.24, 2.45) is 11.7 Å². The minimum absolute atomic E-state index is 0.0191. The second kappa shape index (κ2) is 4.87. The van der Waals surface area contributed by atoms with E-state index in [0.29, 0.717) is 35.3 Å². The van der Waals surface area contributed by atoms with Crippen molar-refractivity contribution < 1.29 is 9.18 Å². The van der Waals surface area contributed by atoms with Crippen LogP contribution in [0, 0.1) is 11.7 Å². The molecule has 0 spiro atoms. The summed E-state index contributed by atoms with van der Waals surface area (Å²) in [5, 5.41) is 1.14. The maximum Gasteiger partial charge on any atom is 0.254 e. The molecule has 20 heavy (non-hydrogen) atoms. The van der Waals surface area contributed by atoms with Gasteiger partial charge in [0.2, 0.25) is 0 Å². The Labute approximate surface area is 117 Å².